The molecule has 2 aromatic heterocycles. The number of anilines is 3. The number of H-pyrrole nitrogens is 2. The molecule has 2 heterocycles. The molecule has 0 saturated heterocycles. The highest BCUT2D eigenvalue weighted by molar-refractivity contribution is 6.06. The van der Waals surface area contributed by atoms with E-state index in [4.69, 9.17) is 0 Å². The van der Waals surface area contributed by atoms with E-state index in [1.807, 2.05) is 6.07 Å². The smallest absolute Gasteiger partial charge is 0.404 e. The summed E-state index contributed by atoms with van der Waals surface area (Å²) in [7, 11) is 0. The van der Waals surface area contributed by atoms with Crippen molar-refractivity contribution < 1.29 is 22.7 Å². The molecule has 8 nitrogen and oxygen atoms in total. The lowest BCUT2D eigenvalue weighted by molar-refractivity contribution is -0.274. The largest absolute Gasteiger partial charge is 0.573 e. The van der Waals surface area contributed by atoms with Crippen LogP contribution in [-0.2, 0) is 0 Å². The van der Waals surface area contributed by atoms with Gasteiger partial charge in [0.2, 0.25) is 5.95 Å². The summed E-state index contributed by atoms with van der Waals surface area (Å²) >= 11 is 0. The number of imidazole rings is 1. The molecule has 0 saturated carbocycles. The highest BCUT2D eigenvalue weighted by atomic mass is 19.4. The second kappa shape index (κ2) is 7.86. The van der Waals surface area contributed by atoms with Gasteiger partial charge < -0.3 is 20.4 Å². The number of nitrogens with zero attached hydrogens (tertiary/aromatic N) is 2. The van der Waals surface area contributed by atoms with Gasteiger partial charge in [0.25, 0.3) is 5.91 Å². The van der Waals surface area contributed by atoms with Crippen LogP contribution in [0, 0.1) is 0 Å². The van der Waals surface area contributed by atoms with Crippen LogP contribution in [0.2, 0.25) is 0 Å². The average molecular weight is 452 g/mol. The lowest BCUT2D eigenvalue weighted by Crippen LogP contribution is -2.17. The molecule has 0 spiro atoms. The Balaban J connectivity index is 1.36. The van der Waals surface area contributed by atoms with Crippen molar-refractivity contribution in [1.82, 2.24) is 20.2 Å². The van der Waals surface area contributed by atoms with E-state index in [1.165, 1.54) is 18.2 Å². The maximum absolute atomic E-state index is 12.7. The first-order chi connectivity index (χ1) is 15.8. The molecule has 5 rings (SSSR count). The van der Waals surface area contributed by atoms with Crippen LogP contribution in [0.5, 0.6) is 5.75 Å². The molecule has 0 aliphatic heterocycles. The number of fused-ring (bicyclic) bond motifs is 2. The summed E-state index contributed by atoms with van der Waals surface area (Å²) in [5.41, 5.74) is 2.92. The quantitative estimate of drug-likeness (QED) is 0.288. The summed E-state index contributed by atoms with van der Waals surface area (Å²) in [6.07, 6.45) is -3.14. The number of rotatable bonds is 5. The standard InChI is InChI=1S/C22H15F3N6O2/c23-22(24,25)33-19-4-2-1-3-16(19)29-21-28-15-8-6-12(9-18(15)30-21)20(32)27-14-7-5-13-11-26-31-17(13)10-14/h1-11H,(H,26,31)(H,27,32)(H2,28,29,30). The van der Waals surface area contributed by atoms with E-state index in [9.17, 15) is 18.0 Å². The van der Waals surface area contributed by atoms with E-state index in [2.05, 4.69) is 35.5 Å². The highest BCUT2D eigenvalue weighted by Crippen LogP contribution is 2.32. The van der Waals surface area contributed by atoms with Crippen LogP contribution < -0.4 is 15.4 Å². The molecule has 4 N–H and O–H groups in total. The van der Waals surface area contributed by atoms with Crippen LogP contribution in [0.15, 0.2) is 66.9 Å². The van der Waals surface area contributed by atoms with Crippen LogP contribution in [0.3, 0.4) is 0 Å². The number of halogens is 3. The molecule has 0 radical (unpaired) electrons. The van der Waals surface area contributed by atoms with Gasteiger partial charge in [-0.3, -0.25) is 9.89 Å². The minimum atomic E-state index is -4.82. The number of carbonyl (C=O) groups is 1. The van der Waals surface area contributed by atoms with Gasteiger partial charge >= 0.3 is 6.36 Å². The fourth-order valence-electron chi connectivity index (χ4n) is 3.34. The average Bonchev–Trinajstić information content (AvgIpc) is 3.39. The normalized spacial score (nSPS) is 11.6. The SMILES string of the molecule is O=C(Nc1ccc2cn[nH]c2c1)c1ccc2nc(Nc3ccccc3OC(F)(F)F)[nH]c2c1. The number of aromatic amines is 2. The Morgan fingerprint density at radius 1 is 1.00 bits per heavy atom. The number of benzene rings is 3. The summed E-state index contributed by atoms with van der Waals surface area (Å²) in [6, 6.07) is 15.9. The van der Waals surface area contributed by atoms with Gasteiger partial charge in [0, 0.05) is 16.6 Å². The van der Waals surface area contributed by atoms with Gasteiger partial charge in [-0.05, 0) is 48.5 Å². The van der Waals surface area contributed by atoms with Crippen molar-refractivity contribution in [3.63, 3.8) is 0 Å². The summed E-state index contributed by atoms with van der Waals surface area (Å²) in [5.74, 6) is -0.519. The molecular weight excluding hydrogens is 437 g/mol. The second-order valence-corrected chi connectivity index (χ2v) is 7.11. The summed E-state index contributed by atoms with van der Waals surface area (Å²) in [6.45, 7) is 0. The fraction of sp³-hybridized carbons (Fsp3) is 0.0455. The highest BCUT2D eigenvalue weighted by Gasteiger charge is 2.32. The number of nitrogens with one attached hydrogen (secondary N) is 4. The minimum absolute atomic E-state index is 0.0843. The fourth-order valence-corrected chi connectivity index (χ4v) is 3.34. The zero-order valence-corrected chi connectivity index (χ0v) is 16.7. The molecule has 0 aliphatic rings. The zero-order valence-electron chi connectivity index (χ0n) is 16.7. The molecular formula is C22H15F3N6O2. The van der Waals surface area contributed by atoms with Crippen LogP contribution in [0.1, 0.15) is 10.4 Å². The Kier molecular flexibility index (Phi) is 4.85. The van der Waals surface area contributed by atoms with Crippen LogP contribution >= 0.6 is 0 Å². The van der Waals surface area contributed by atoms with Crippen molar-refractivity contribution >= 4 is 45.2 Å². The first-order valence-electron chi connectivity index (χ1n) is 9.70. The van der Waals surface area contributed by atoms with E-state index in [0.717, 1.165) is 10.9 Å². The minimum Gasteiger partial charge on any atom is -0.404 e. The lowest BCUT2D eigenvalue weighted by Gasteiger charge is -2.13. The number of amides is 1. The molecule has 0 bridgehead atoms. The Bertz CT molecular complexity index is 1470. The zero-order chi connectivity index (χ0) is 23.0. The van der Waals surface area contributed by atoms with Gasteiger partial charge in [0.15, 0.2) is 5.75 Å². The van der Waals surface area contributed by atoms with Crippen molar-refractivity contribution in [3.8, 4) is 5.75 Å². The maximum atomic E-state index is 12.7. The van der Waals surface area contributed by atoms with Gasteiger partial charge in [0.1, 0.15) is 0 Å². The van der Waals surface area contributed by atoms with E-state index >= 15 is 0 Å². The predicted molar refractivity (Wildman–Crippen MR) is 117 cm³/mol. The molecule has 11 heteroatoms. The number of alkyl halides is 3. The van der Waals surface area contributed by atoms with Gasteiger partial charge in [-0.25, -0.2) is 4.98 Å². The second-order valence-electron chi connectivity index (χ2n) is 7.11. The van der Waals surface area contributed by atoms with Gasteiger partial charge in [-0.1, -0.05) is 12.1 Å². The van der Waals surface area contributed by atoms with Gasteiger partial charge in [-0.2, -0.15) is 5.10 Å². The Labute approximate surface area is 183 Å². The maximum Gasteiger partial charge on any atom is 0.573 e. The van der Waals surface area contributed by atoms with Crippen molar-refractivity contribution in [2.75, 3.05) is 10.6 Å². The third kappa shape index (κ3) is 4.42. The Morgan fingerprint density at radius 3 is 2.70 bits per heavy atom. The molecule has 1 amide bonds. The number of ether oxygens (including phenoxy) is 1. The van der Waals surface area contributed by atoms with Crippen molar-refractivity contribution in [2.45, 2.75) is 6.36 Å². The molecule has 166 valence electrons. The van der Waals surface area contributed by atoms with E-state index < -0.39 is 6.36 Å². The molecule has 0 unspecified atom stereocenters. The Hall–Kier alpha value is -4.54. The third-order valence-corrected chi connectivity index (χ3v) is 4.81. The van der Waals surface area contributed by atoms with Crippen LogP contribution in [-0.4, -0.2) is 32.4 Å². The third-order valence-electron chi connectivity index (χ3n) is 4.81. The number of carbonyl (C=O) groups excluding carboxylic acids is 1. The van der Waals surface area contributed by atoms with E-state index in [-0.39, 0.29) is 23.3 Å². The number of hydrogen-bond acceptors (Lipinski definition) is 5. The van der Waals surface area contributed by atoms with Gasteiger partial charge in [-0.15, -0.1) is 13.2 Å². The van der Waals surface area contributed by atoms with E-state index in [0.29, 0.717) is 22.3 Å². The molecule has 33 heavy (non-hydrogen) atoms. The summed E-state index contributed by atoms with van der Waals surface area (Å²) in [5, 5.41) is 13.3. The van der Waals surface area contributed by atoms with Crippen LogP contribution in [0.4, 0.5) is 30.5 Å². The summed E-state index contributed by atoms with van der Waals surface area (Å²) in [4.78, 5) is 20.0. The van der Waals surface area contributed by atoms with Crippen molar-refractivity contribution in [1.29, 1.82) is 0 Å². The number of para-hydroxylation sites is 2. The van der Waals surface area contributed by atoms with E-state index in [1.54, 1.807) is 42.6 Å². The van der Waals surface area contributed by atoms with Gasteiger partial charge in [0.05, 0.1) is 28.4 Å². The van der Waals surface area contributed by atoms with Crippen molar-refractivity contribution in [2.24, 2.45) is 0 Å². The first kappa shape index (κ1) is 20.4. The monoisotopic (exact) mass is 452 g/mol. The lowest BCUT2D eigenvalue weighted by atomic mass is 10.1. The first-order valence-corrected chi connectivity index (χ1v) is 9.70. The molecule has 0 atom stereocenters. The number of hydrogen-bond donors (Lipinski definition) is 4. The molecule has 0 fully saturated rings. The van der Waals surface area contributed by atoms with Crippen LogP contribution in [0.25, 0.3) is 21.9 Å². The van der Waals surface area contributed by atoms with Crippen molar-refractivity contribution in [3.05, 3.63) is 72.4 Å². The predicted octanol–water partition coefficient (Wildman–Crippen LogP) is 5.33. The number of aromatic nitrogens is 4. The molecule has 3 aromatic carbocycles. The molecule has 5 aromatic rings. The topological polar surface area (TPSA) is 108 Å². The Morgan fingerprint density at radius 2 is 1.85 bits per heavy atom. The summed E-state index contributed by atoms with van der Waals surface area (Å²) < 4.78 is 42.0. The molecule has 0 aliphatic carbocycles.